The molecule has 1 aliphatic carbocycles. The summed E-state index contributed by atoms with van der Waals surface area (Å²) in [5.41, 5.74) is 2.36. The van der Waals surface area contributed by atoms with Crippen molar-refractivity contribution >= 4 is 21.8 Å². The van der Waals surface area contributed by atoms with E-state index in [2.05, 4.69) is 10.3 Å². The van der Waals surface area contributed by atoms with Gasteiger partial charge in [-0.05, 0) is 65.0 Å². The lowest BCUT2D eigenvalue weighted by molar-refractivity contribution is -0.127. The lowest BCUT2D eigenvalue weighted by atomic mass is 9.98. The van der Waals surface area contributed by atoms with Crippen LogP contribution in [0.3, 0.4) is 0 Å². The highest BCUT2D eigenvalue weighted by atomic mass is 32.2. The van der Waals surface area contributed by atoms with E-state index in [1.807, 2.05) is 58.0 Å². The van der Waals surface area contributed by atoms with Crippen LogP contribution in [0.1, 0.15) is 45.6 Å². The van der Waals surface area contributed by atoms with Crippen LogP contribution < -0.4 is 5.32 Å². The Balaban J connectivity index is 0.000000208. The van der Waals surface area contributed by atoms with Crippen molar-refractivity contribution in [2.75, 3.05) is 12.8 Å². The molecule has 2 bridgehead atoms. The molecule has 3 atom stereocenters. The fourth-order valence-corrected chi connectivity index (χ4v) is 5.19. The van der Waals surface area contributed by atoms with Gasteiger partial charge in [-0.1, -0.05) is 29.8 Å². The van der Waals surface area contributed by atoms with Crippen LogP contribution in [0.5, 0.6) is 0 Å². The number of pyridine rings is 1. The van der Waals surface area contributed by atoms with Gasteiger partial charge in [-0.2, -0.15) is 5.26 Å². The molecule has 9 nitrogen and oxygen atoms in total. The molecule has 0 radical (unpaired) electrons. The number of nitrogens with zero attached hydrogens (tertiary/aromatic N) is 3. The molecule has 0 spiro atoms. The Kier molecular flexibility index (Phi) is 8.59. The lowest BCUT2D eigenvalue weighted by Crippen LogP contribution is -2.53. The maximum atomic E-state index is 12.3. The predicted molar refractivity (Wildman–Crippen MR) is 139 cm³/mol. The van der Waals surface area contributed by atoms with Gasteiger partial charge in [0.1, 0.15) is 18.2 Å². The first-order chi connectivity index (χ1) is 17.3. The number of carbonyl (C=O) groups excluding carboxylic acids is 2. The number of nitriles is 1. The van der Waals surface area contributed by atoms with Crippen LogP contribution in [-0.4, -0.2) is 60.8 Å². The summed E-state index contributed by atoms with van der Waals surface area (Å²) in [5.74, 6) is -0.0594. The number of ether oxygens (including phenoxy) is 1. The van der Waals surface area contributed by atoms with E-state index in [0.29, 0.717) is 0 Å². The van der Waals surface area contributed by atoms with Crippen molar-refractivity contribution in [1.82, 2.24) is 15.2 Å². The third-order valence-corrected chi connectivity index (χ3v) is 7.41. The van der Waals surface area contributed by atoms with Gasteiger partial charge in [0.25, 0.3) is 0 Å². The fraction of sp³-hybridized carbons (Fsp3) is 0.481. The van der Waals surface area contributed by atoms with E-state index in [1.165, 1.54) is 18.0 Å². The van der Waals surface area contributed by atoms with Crippen molar-refractivity contribution in [3.05, 3.63) is 48.2 Å². The Hall–Kier alpha value is -3.45. The highest BCUT2D eigenvalue weighted by Crippen LogP contribution is 2.43. The Morgan fingerprint density at radius 1 is 1.16 bits per heavy atom. The number of nitrogens with one attached hydrogen (secondary N) is 1. The molecule has 37 heavy (non-hydrogen) atoms. The van der Waals surface area contributed by atoms with Crippen molar-refractivity contribution in [2.45, 2.75) is 69.5 Å². The quantitative estimate of drug-likeness (QED) is 0.599. The molecular formula is C27H34N4O5S. The minimum Gasteiger partial charge on any atom is -0.444 e. The van der Waals surface area contributed by atoms with Gasteiger partial charge in [-0.3, -0.25) is 14.7 Å². The van der Waals surface area contributed by atoms with E-state index < -0.39 is 27.6 Å². The Morgan fingerprint density at radius 3 is 2.38 bits per heavy atom. The van der Waals surface area contributed by atoms with Gasteiger partial charge < -0.3 is 10.1 Å². The van der Waals surface area contributed by atoms with Crippen molar-refractivity contribution in [1.29, 1.82) is 5.26 Å². The van der Waals surface area contributed by atoms with Crippen LogP contribution in [0.4, 0.5) is 4.79 Å². The minimum absolute atomic E-state index is 0.0329. The molecule has 1 N–H and O–H groups in total. The highest BCUT2D eigenvalue weighted by Gasteiger charge is 2.52. The molecule has 1 saturated heterocycles. The topological polar surface area (TPSA) is 129 Å². The summed E-state index contributed by atoms with van der Waals surface area (Å²) >= 11 is 0. The average Bonchev–Trinajstić information content (AvgIpc) is 3.44. The number of fused-ring (bicyclic) bond motifs is 2. The predicted octanol–water partition coefficient (Wildman–Crippen LogP) is 3.87. The SMILES string of the molecule is CC(C)(C)OC(=O)N1C2CCC(C2)C1C(=O)NCC#N.Cc1ccc(-c2ccc(S(C)(=O)=O)cn2)cc1. The normalized spacial score (nSPS) is 20.4. The molecule has 198 valence electrons. The third-order valence-electron chi connectivity index (χ3n) is 6.31. The van der Waals surface area contributed by atoms with E-state index >= 15 is 0 Å². The Morgan fingerprint density at radius 2 is 1.84 bits per heavy atom. The first kappa shape index (κ1) is 28.1. The Bertz CT molecular complexity index is 1260. The molecule has 3 unspecified atom stereocenters. The van der Waals surface area contributed by atoms with Gasteiger partial charge in [-0.15, -0.1) is 0 Å². The molecule has 1 saturated carbocycles. The number of amides is 2. The number of benzene rings is 1. The summed E-state index contributed by atoms with van der Waals surface area (Å²) in [6, 6.07) is 12.7. The molecule has 1 aromatic carbocycles. The van der Waals surface area contributed by atoms with Gasteiger partial charge in [0.15, 0.2) is 9.84 Å². The van der Waals surface area contributed by atoms with Crippen LogP contribution in [0.25, 0.3) is 11.3 Å². The monoisotopic (exact) mass is 526 g/mol. The number of carbonyl (C=O) groups is 2. The fourth-order valence-electron chi connectivity index (χ4n) is 4.63. The van der Waals surface area contributed by atoms with Crippen molar-refractivity contribution < 1.29 is 22.7 Å². The largest absolute Gasteiger partial charge is 0.444 e. The van der Waals surface area contributed by atoms with Crippen molar-refractivity contribution in [3.63, 3.8) is 0 Å². The van der Waals surface area contributed by atoms with Crippen LogP contribution in [0, 0.1) is 24.2 Å². The molecule has 2 aromatic rings. The maximum absolute atomic E-state index is 12.3. The smallest absolute Gasteiger partial charge is 0.411 e. The van der Waals surface area contributed by atoms with E-state index in [0.717, 1.165) is 30.5 Å². The number of rotatable bonds is 4. The molecule has 2 heterocycles. The first-order valence-electron chi connectivity index (χ1n) is 12.2. The van der Waals surface area contributed by atoms with Gasteiger partial charge >= 0.3 is 6.09 Å². The summed E-state index contributed by atoms with van der Waals surface area (Å²) in [5, 5.41) is 11.1. The summed E-state index contributed by atoms with van der Waals surface area (Å²) in [6.07, 6.45) is 4.87. The van der Waals surface area contributed by atoms with Gasteiger partial charge in [-0.25, -0.2) is 13.2 Å². The summed E-state index contributed by atoms with van der Waals surface area (Å²) in [4.78, 5) is 30.4. The number of sulfone groups is 1. The number of hydrogen-bond acceptors (Lipinski definition) is 7. The minimum atomic E-state index is -3.17. The summed E-state index contributed by atoms with van der Waals surface area (Å²) in [7, 11) is -3.17. The number of likely N-dealkylation sites (tertiary alicyclic amines) is 1. The van der Waals surface area contributed by atoms with Crippen LogP contribution in [0.15, 0.2) is 47.5 Å². The van der Waals surface area contributed by atoms with Gasteiger partial charge in [0.2, 0.25) is 5.91 Å². The molecule has 4 rings (SSSR count). The first-order valence-corrected chi connectivity index (χ1v) is 14.1. The average molecular weight is 527 g/mol. The molecule has 1 aliphatic heterocycles. The number of piperidine rings is 1. The van der Waals surface area contributed by atoms with Gasteiger partial charge in [0.05, 0.1) is 16.7 Å². The zero-order chi connectivity index (χ0) is 27.4. The second-order valence-corrected chi connectivity index (χ2v) is 12.5. The molecular weight excluding hydrogens is 492 g/mol. The Labute approximate surface area is 218 Å². The number of aryl methyl sites for hydroxylation is 1. The van der Waals surface area contributed by atoms with Crippen LogP contribution in [-0.2, 0) is 19.4 Å². The zero-order valence-corrected chi connectivity index (χ0v) is 22.7. The van der Waals surface area contributed by atoms with E-state index in [1.54, 1.807) is 17.0 Å². The third kappa shape index (κ3) is 7.29. The second kappa shape index (κ2) is 11.3. The summed E-state index contributed by atoms with van der Waals surface area (Å²) < 4.78 is 28.0. The standard InChI is InChI=1S/C14H21N3O3.C13H13NO2S/c1-14(2,3)20-13(19)17-10-5-4-9(8-10)11(17)12(18)16-7-6-15;1-10-3-5-11(6-4-10)13-8-7-12(9-14-13)17(2,15)16/h9-11H,4-5,7-8H2,1-3H3,(H,16,18);3-9H,1-2H3. The van der Waals surface area contributed by atoms with Crippen LogP contribution in [0.2, 0.25) is 0 Å². The lowest BCUT2D eigenvalue weighted by Gasteiger charge is -2.35. The van der Waals surface area contributed by atoms with E-state index in [4.69, 9.17) is 10.00 Å². The number of aromatic nitrogens is 1. The zero-order valence-electron chi connectivity index (χ0n) is 21.9. The molecule has 1 aromatic heterocycles. The number of hydrogen-bond donors (Lipinski definition) is 1. The maximum Gasteiger partial charge on any atom is 0.411 e. The summed E-state index contributed by atoms with van der Waals surface area (Å²) in [6.45, 7) is 7.41. The molecule has 10 heteroatoms. The van der Waals surface area contributed by atoms with E-state index in [9.17, 15) is 18.0 Å². The van der Waals surface area contributed by atoms with Crippen molar-refractivity contribution in [2.24, 2.45) is 5.92 Å². The highest BCUT2D eigenvalue weighted by molar-refractivity contribution is 7.90. The van der Waals surface area contributed by atoms with E-state index in [-0.39, 0.29) is 29.3 Å². The molecule has 2 amide bonds. The second-order valence-electron chi connectivity index (χ2n) is 10.5. The molecule has 2 aliphatic rings. The van der Waals surface area contributed by atoms with Crippen molar-refractivity contribution in [3.8, 4) is 17.3 Å². The van der Waals surface area contributed by atoms with Crippen LogP contribution >= 0.6 is 0 Å². The van der Waals surface area contributed by atoms with Gasteiger partial charge in [0, 0.05) is 24.1 Å². The molecule has 2 fully saturated rings.